The third-order valence-corrected chi connectivity index (χ3v) is 4.28. The van der Waals surface area contributed by atoms with Crippen molar-refractivity contribution in [3.8, 4) is 0 Å². The fraction of sp³-hybridized carbons (Fsp3) is 0.933. The van der Waals surface area contributed by atoms with Gasteiger partial charge in [-0.05, 0) is 51.1 Å². The summed E-state index contributed by atoms with van der Waals surface area (Å²) in [6, 6.07) is -0.313. The molecule has 0 atom stereocenters. The molecule has 1 N–H and O–H groups in total. The Morgan fingerprint density at radius 2 is 1.81 bits per heavy atom. The lowest BCUT2D eigenvalue weighted by atomic mass is 9.93. The molecule has 1 heterocycles. The van der Waals surface area contributed by atoms with Crippen molar-refractivity contribution < 1.29 is 18.0 Å². The third-order valence-electron chi connectivity index (χ3n) is 4.28. The molecule has 0 unspecified atom stereocenters. The minimum atomic E-state index is -4.33. The smallest absolute Gasteiger partial charge is 0.331 e. The fourth-order valence-electron chi connectivity index (χ4n) is 2.99. The Hall–Kier alpha value is -0.780. The number of amides is 1. The lowest BCUT2D eigenvalue weighted by Gasteiger charge is -2.32. The van der Waals surface area contributed by atoms with Gasteiger partial charge in [0, 0.05) is 12.5 Å². The van der Waals surface area contributed by atoms with Crippen LogP contribution in [0, 0.1) is 5.92 Å². The Kier molecular flexibility index (Phi) is 7.49. The Morgan fingerprint density at radius 1 is 1.24 bits per heavy atom. The molecule has 0 saturated carbocycles. The van der Waals surface area contributed by atoms with E-state index in [2.05, 4.69) is 5.32 Å². The van der Waals surface area contributed by atoms with Gasteiger partial charge >= 0.3 is 6.18 Å². The van der Waals surface area contributed by atoms with E-state index in [1.807, 2.05) is 13.8 Å². The first-order chi connectivity index (χ1) is 9.87. The predicted molar refractivity (Wildman–Crippen MR) is 77.0 cm³/mol. The minimum absolute atomic E-state index is 0.233. The molecule has 0 aromatic carbocycles. The summed E-state index contributed by atoms with van der Waals surface area (Å²) in [5.41, 5.74) is 0. The molecule has 0 spiro atoms. The molecule has 3 nitrogen and oxygen atoms in total. The monoisotopic (exact) mass is 308 g/mol. The molecule has 124 valence electrons. The van der Waals surface area contributed by atoms with Crippen LogP contribution in [0.1, 0.15) is 52.4 Å². The van der Waals surface area contributed by atoms with Crippen LogP contribution in [0.3, 0.4) is 0 Å². The van der Waals surface area contributed by atoms with E-state index in [0.717, 1.165) is 30.8 Å². The normalized spacial score (nSPS) is 17.2. The number of hydrogen-bond donors (Lipinski definition) is 1. The summed E-state index contributed by atoms with van der Waals surface area (Å²) in [5.74, 6) is 0.115. The van der Waals surface area contributed by atoms with Gasteiger partial charge in [0.05, 0.1) is 0 Å². The van der Waals surface area contributed by atoms with Crippen molar-refractivity contribution in [1.29, 1.82) is 0 Å². The Morgan fingerprint density at radius 3 is 2.29 bits per heavy atom. The lowest BCUT2D eigenvalue weighted by molar-refractivity contribution is -0.166. The van der Waals surface area contributed by atoms with E-state index < -0.39 is 12.7 Å². The van der Waals surface area contributed by atoms with Crippen molar-refractivity contribution in [2.75, 3.05) is 19.6 Å². The van der Waals surface area contributed by atoms with E-state index in [1.165, 1.54) is 0 Å². The standard InChI is InChI=1S/C15H27F3N2O/c1-3-13(4-2)20(11-15(16,17)18)14(21)6-5-12-7-9-19-10-8-12/h12-13,19H,3-11H2,1-2H3. The van der Waals surface area contributed by atoms with Gasteiger partial charge in [-0.1, -0.05) is 13.8 Å². The maximum Gasteiger partial charge on any atom is 0.406 e. The summed E-state index contributed by atoms with van der Waals surface area (Å²) in [6.45, 7) is 4.43. The number of nitrogens with one attached hydrogen (secondary N) is 1. The summed E-state index contributed by atoms with van der Waals surface area (Å²) in [7, 11) is 0. The van der Waals surface area contributed by atoms with E-state index in [4.69, 9.17) is 0 Å². The van der Waals surface area contributed by atoms with Crippen molar-refractivity contribution >= 4 is 5.91 Å². The minimum Gasteiger partial charge on any atom is -0.331 e. The number of alkyl halides is 3. The number of halogens is 3. The summed E-state index contributed by atoms with van der Waals surface area (Å²) in [6.07, 6.45) is -0.244. The first kappa shape index (κ1) is 18.3. The van der Waals surface area contributed by atoms with Crippen LogP contribution in [0.2, 0.25) is 0 Å². The number of piperidine rings is 1. The highest BCUT2D eigenvalue weighted by atomic mass is 19.4. The summed E-state index contributed by atoms with van der Waals surface area (Å²) < 4.78 is 38.1. The maximum atomic E-state index is 12.7. The van der Waals surface area contributed by atoms with E-state index >= 15 is 0 Å². The molecule has 1 aliphatic rings. The van der Waals surface area contributed by atoms with Crippen LogP contribution in [0.4, 0.5) is 13.2 Å². The molecule has 0 radical (unpaired) electrons. The molecule has 0 aromatic heterocycles. The van der Waals surface area contributed by atoms with Crippen molar-refractivity contribution in [2.24, 2.45) is 5.92 Å². The van der Waals surface area contributed by atoms with Crippen molar-refractivity contribution in [2.45, 2.75) is 64.6 Å². The van der Waals surface area contributed by atoms with Crippen molar-refractivity contribution in [1.82, 2.24) is 10.2 Å². The van der Waals surface area contributed by atoms with Gasteiger partial charge in [0.1, 0.15) is 6.54 Å². The van der Waals surface area contributed by atoms with Crippen LogP contribution < -0.4 is 5.32 Å². The first-order valence-electron chi connectivity index (χ1n) is 7.94. The van der Waals surface area contributed by atoms with Gasteiger partial charge in [-0.3, -0.25) is 4.79 Å². The fourth-order valence-corrected chi connectivity index (χ4v) is 2.99. The van der Waals surface area contributed by atoms with Crippen molar-refractivity contribution in [3.63, 3.8) is 0 Å². The van der Waals surface area contributed by atoms with Crippen molar-refractivity contribution in [3.05, 3.63) is 0 Å². The molecule has 1 rings (SSSR count). The molecule has 0 aromatic rings. The van der Waals surface area contributed by atoms with Crippen LogP contribution in [-0.4, -0.2) is 42.7 Å². The molecule has 1 fully saturated rings. The van der Waals surface area contributed by atoms with Gasteiger partial charge < -0.3 is 10.2 Å². The zero-order valence-corrected chi connectivity index (χ0v) is 13.0. The highest BCUT2D eigenvalue weighted by molar-refractivity contribution is 5.76. The molecule has 1 amide bonds. The van der Waals surface area contributed by atoms with Gasteiger partial charge in [-0.15, -0.1) is 0 Å². The largest absolute Gasteiger partial charge is 0.406 e. The highest BCUT2D eigenvalue weighted by Gasteiger charge is 2.35. The molecule has 0 aliphatic carbocycles. The first-order valence-corrected chi connectivity index (χ1v) is 7.94. The second kappa shape index (κ2) is 8.61. The van der Waals surface area contributed by atoms with Crippen LogP contribution >= 0.6 is 0 Å². The van der Waals surface area contributed by atoms with Crippen LogP contribution in [0.15, 0.2) is 0 Å². The second-order valence-electron chi connectivity index (χ2n) is 5.84. The van der Waals surface area contributed by atoms with Crippen LogP contribution in [-0.2, 0) is 4.79 Å². The third kappa shape index (κ3) is 6.68. The summed E-state index contributed by atoms with van der Waals surface area (Å²) in [4.78, 5) is 13.3. The molecular formula is C15H27F3N2O. The Balaban J connectivity index is 2.56. The summed E-state index contributed by atoms with van der Waals surface area (Å²) in [5, 5.41) is 3.25. The van der Waals surface area contributed by atoms with Gasteiger partial charge in [0.15, 0.2) is 0 Å². The molecule has 1 saturated heterocycles. The number of hydrogen-bond acceptors (Lipinski definition) is 2. The zero-order valence-electron chi connectivity index (χ0n) is 13.0. The molecular weight excluding hydrogens is 281 g/mol. The van der Waals surface area contributed by atoms with Crippen LogP contribution in [0.25, 0.3) is 0 Å². The van der Waals surface area contributed by atoms with E-state index in [9.17, 15) is 18.0 Å². The number of nitrogens with zero attached hydrogens (tertiary/aromatic N) is 1. The highest BCUT2D eigenvalue weighted by Crippen LogP contribution is 2.23. The average molecular weight is 308 g/mol. The number of carbonyl (C=O) groups is 1. The lowest BCUT2D eigenvalue weighted by Crippen LogP contribution is -2.45. The summed E-state index contributed by atoms with van der Waals surface area (Å²) >= 11 is 0. The molecule has 21 heavy (non-hydrogen) atoms. The molecule has 0 bridgehead atoms. The van der Waals surface area contributed by atoms with E-state index in [1.54, 1.807) is 0 Å². The predicted octanol–water partition coefficient (Wildman–Crippen LogP) is 3.35. The van der Waals surface area contributed by atoms with E-state index in [-0.39, 0.29) is 18.4 Å². The zero-order chi connectivity index (χ0) is 15.9. The number of carbonyl (C=O) groups excluding carboxylic acids is 1. The maximum absolute atomic E-state index is 12.7. The Bertz CT molecular complexity index is 311. The topological polar surface area (TPSA) is 32.3 Å². The SMILES string of the molecule is CCC(CC)N(CC(F)(F)F)C(=O)CCC1CCNCC1. The van der Waals surface area contributed by atoms with Gasteiger partial charge in [-0.25, -0.2) is 0 Å². The molecule has 6 heteroatoms. The van der Waals surface area contributed by atoms with Gasteiger partial charge in [-0.2, -0.15) is 13.2 Å². The quantitative estimate of drug-likeness (QED) is 0.782. The molecule has 1 aliphatic heterocycles. The second-order valence-corrected chi connectivity index (χ2v) is 5.84. The number of rotatable bonds is 7. The Labute approximate surface area is 125 Å². The van der Waals surface area contributed by atoms with Crippen LogP contribution in [0.5, 0.6) is 0 Å². The average Bonchev–Trinajstić information content (AvgIpc) is 2.45. The van der Waals surface area contributed by atoms with Gasteiger partial charge in [0.25, 0.3) is 0 Å². The van der Waals surface area contributed by atoms with E-state index in [0.29, 0.717) is 25.2 Å². The van der Waals surface area contributed by atoms with Gasteiger partial charge in [0.2, 0.25) is 5.91 Å².